The van der Waals surface area contributed by atoms with Gasteiger partial charge in [-0.15, -0.1) is 0 Å². The number of fused-ring (bicyclic) bond motifs is 1. The van der Waals surface area contributed by atoms with Gasteiger partial charge in [-0.05, 0) is 55.4 Å². The topological polar surface area (TPSA) is 24.4 Å². The van der Waals surface area contributed by atoms with Gasteiger partial charge in [-0.3, -0.25) is 4.72 Å². The molecule has 0 bridgehead atoms. The van der Waals surface area contributed by atoms with Crippen LogP contribution in [0.5, 0.6) is 0 Å². The Hall–Kier alpha value is -0.450. The highest BCUT2D eigenvalue weighted by Gasteiger charge is 2.31. The van der Waals surface area contributed by atoms with Gasteiger partial charge in [-0.25, -0.2) is 4.99 Å². The fourth-order valence-electron chi connectivity index (χ4n) is 2.07. The average Bonchev–Trinajstić information content (AvgIpc) is 2.59. The minimum absolute atomic E-state index is 0.749. The number of aliphatic imine (C=N–C) groups is 1. The highest BCUT2D eigenvalue weighted by Crippen LogP contribution is 2.62. The van der Waals surface area contributed by atoms with E-state index in [1.807, 2.05) is 0 Å². The summed E-state index contributed by atoms with van der Waals surface area (Å²) in [7, 11) is -0.919. The lowest BCUT2D eigenvalue weighted by atomic mass is 10.1. The fourth-order valence-corrected chi connectivity index (χ4v) is 5.45. The van der Waals surface area contributed by atoms with E-state index < -0.39 is 10.0 Å². The summed E-state index contributed by atoms with van der Waals surface area (Å²) < 4.78 is 4.74. The van der Waals surface area contributed by atoms with Crippen molar-refractivity contribution in [2.75, 3.05) is 19.1 Å². The first kappa shape index (κ1) is 14.9. The average molecular weight is 297 g/mol. The zero-order chi connectivity index (χ0) is 14.0. The normalized spacial score (nSPS) is 18.3. The van der Waals surface area contributed by atoms with Crippen molar-refractivity contribution in [2.45, 2.75) is 32.1 Å². The summed E-state index contributed by atoms with van der Waals surface area (Å²) in [6.45, 7) is 7.71. The van der Waals surface area contributed by atoms with Crippen LogP contribution in [0.1, 0.15) is 25.8 Å². The van der Waals surface area contributed by atoms with Crippen LogP contribution in [0.2, 0.25) is 0 Å². The van der Waals surface area contributed by atoms with E-state index in [0.29, 0.717) is 0 Å². The second-order valence-corrected chi connectivity index (χ2v) is 10.4. The third kappa shape index (κ3) is 3.18. The number of nitrogens with one attached hydrogen (secondary N) is 1. The Labute approximate surface area is 122 Å². The lowest BCUT2D eigenvalue weighted by molar-refractivity contribution is 0.585. The van der Waals surface area contributed by atoms with E-state index in [9.17, 15) is 0 Å². The molecule has 0 fully saturated rings. The van der Waals surface area contributed by atoms with Crippen LogP contribution in [-0.2, 0) is 0 Å². The van der Waals surface area contributed by atoms with Gasteiger partial charge in [0.25, 0.3) is 0 Å². The van der Waals surface area contributed by atoms with Gasteiger partial charge in [0, 0.05) is 11.4 Å². The van der Waals surface area contributed by atoms with Gasteiger partial charge in [-0.2, -0.15) is 10.0 Å². The van der Waals surface area contributed by atoms with Crippen molar-refractivity contribution < 1.29 is 0 Å². The summed E-state index contributed by atoms with van der Waals surface area (Å²) in [5, 5.41) is 0. The van der Waals surface area contributed by atoms with Gasteiger partial charge in [-0.1, -0.05) is 26.0 Å². The van der Waals surface area contributed by atoms with Gasteiger partial charge >= 0.3 is 0 Å². The van der Waals surface area contributed by atoms with E-state index in [0.717, 1.165) is 12.5 Å². The van der Waals surface area contributed by atoms with Gasteiger partial charge in [0.05, 0.1) is 5.69 Å². The van der Waals surface area contributed by atoms with Crippen molar-refractivity contribution in [1.29, 1.82) is 0 Å². The highest BCUT2D eigenvalue weighted by molar-refractivity contribution is 8.57. The van der Waals surface area contributed by atoms with Crippen molar-refractivity contribution in [3.63, 3.8) is 0 Å². The molecular formula is C15H24N2S2. The standard InChI is InChI=1S/C15H24N2S2/c1-11(2)9-10-16-18-15-17-14-12(3)7-6-8-13(14)19(15,4)5/h6-8,11,16H,9-10H2,1-5H3. The van der Waals surface area contributed by atoms with E-state index in [4.69, 9.17) is 4.99 Å². The molecule has 2 rings (SSSR count). The molecule has 1 aliphatic heterocycles. The SMILES string of the molecule is Cc1cccc2c1N=C(SNCCC(C)C)S2(C)C. The smallest absolute Gasteiger partial charge is 0.132 e. The van der Waals surface area contributed by atoms with Crippen LogP contribution >= 0.6 is 22.0 Å². The van der Waals surface area contributed by atoms with Gasteiger partial charge < -0.3 is 0 Å². The maximum absolute atomic E-state index is 4.87. The van der Waals surface area contributed by atoms with Gasteiger partial charge in [0.1, 0.15) is 4.38 Å². The molecule has 106 valence electrons. The summed E-state index contributed by atoms with van der Waals surface area (Å²) >= 11 is 1.74. The van der Waals surface area contributed by atoms with Crippen molar-refractivity contribution in [3.05, 3.63) is 23.8 Å². The predicted molar refractivity (Wildman–Crippen MR) is 91.0 cm³/mol. The van der Waals surface area contributed by atoms with Crippen LogP contribution in [0.4, 0.5) is 5.69 Å². The molecule has 0 saturated heterocycles. The fraction of sp³-hybridized carbons (Fsp3) is 0.533. The Morgan fingerprint density at radius 1 is 1.32 bits per heavy atom. The Kier molecular flexibility index (Phi) is 4.64. The molecule has 0 aromatic heterocycles. The minimum atomic E-state index is -0.919. The van der Waals surface area contributed by atoms with Gasteiger partial charge in [0.2, 0.25) is 0 Å². The zero-order valence-corrected chi connectivity index (χ0v) is 14.1. The molecule has 1 aliphatic rings. The highest BCUT2D eigenvalue weighted by atomic mass is 32.3. The lowest BCUT2D eigenvalue weighted by Gasteiger charge is -2.28. The largest absolute Gasteiger partial charge is 0.258 e. The van der Waals surface area contributed by atoms with Gasteiger partial charge in [0.15, 0.2) is 0 Å². The molecule has 0 amide bonds. The van der Waals surface area contributed by atoms with Crippen LogP contribution in [0.3, 0.4) is 0 Å². The third-order valence-electron chi connectivity index (χ3n) is 3.37. The first-order valence-corrected chi connectivity index (χ1v) is 10.0. The number of rotatable bonds is 4. The molecule has 0 spiro atoms. The molecule has 2 nitrogen and oxygen atoms in total. The number of aryl methyl sites for hydroxylation is 1. The molecule has 0 unspecified atom stereocenters. The Bertz CT molecular complexity index is 493. The van der Waals surface area contributed by atoms with Crippen molar-refractivity contribution in [1.82, 2.24) is 4.72 Å². The molecule has 0 atom stereocenters. The second kappa shape index (κ2) is 5.90. The molecule has 1 aromatic carbocycles. The molecule has 1 N–H and O–H groups in total. The van der Waals surface area contributed by atoms with Crippen LogP contribution < -0.4 is 4.72 Å². The van der Waals surface area contributed by atoms with Crippen LogP contribution in [0.25, 0.3) is 0 Å². The monoisotopic (exact) mass is 296 g/mol. The Morgan fingerprint density at radius 2 is 2.05 bits per heavy atom. The van der Waals surface area contributed by atoms with Crippen molar-refractivity contribution in [2.24, 2.45) is 10.9 Å². The molecular weight excluding hydrogens is 272 g/mol. The first-order valence-electron chi connectivity index (χ1n) is 6.74. The van der Waals surface area contributed by atoms with Crippen LogP contribution in [-0.4, -0.2) is 23.4 Å². The number of hydrogen-bond donors (Lipinski definition) is 1. The number of para-hydroxylation sites is 1. The number of benzene rings is 1. The second-order valence-electron chi connectivity index (χ2n) is 5.81. The summed E-state index contributed by atoms with van der Waals surface area (Å²) in [5.41, 5.74) is 2.49. The predicted octanol–water partition coefficient (Wildman–Crippen LogP) is 4.70. The summed E-state index contributed by atoms with van der Waals surface area (Å²) in [5.74, 6) is 0.749. The minimum Gasteiger partial charge on any atom is -0.258 e. The van der Waals surface area contributed by atoms with E-state index in [1.54, 1.807) is 11.9 Å². The molecule has 1 aromatic rings. The Morgan fingerprint density at radius 3 is 2.68 bits per heavy atom. The number of hydrogen-bond acceptors (Lipinski definition) is 3. The molecule has 1 heterocycles. The molecule has 0 aliphatic carbocycles. The quantitative estimate of drug-likeness (QED) is 0.494. The molecule has 0 saturated carbocycles. The van der Waals surface area contributed by atoms with E-state index in [-0.39, 0.29) is 0 Å². The van der Waals surface area contributed by atoms with Crippen molar-refractivity contribution >= 4 is 32.0 Å². The maximum Gasteiger partial charge on any atom is 0.132 e. The number of nitrogens with zero attached hydrogens (tertiary/aromatic N) is 1. The van der Waals surface area contributed by atoms with Crippen LogP contribution in [0.15, 0.2) is 28.1 Å². The molecule has 0 radical (unpaired) electrons. The summed E-state index contributed by atoms with van der Waals surface area (Å²) in [6, 6.07) is 6.54. The third-order valence-corrected chi connectivity index (χ3v) is 7.88. The summed E-state index contributed by atoms with van der Waals surface area (Å²) in [4.78, 5) is 6.31. The van der Waals surface area contributed by atoms with E-state index in [2.05, 4.69) is 56.2 Å². The van der Waals surface area contributed by atoms with Crippen molar-refractivity contribution in [3.8, 4) is 0 Å². The first-order chi connectivity index (χ1) is 8.93. The van der Waals surface area contributed by atoms with Crippen LogP contribution in [0, 0.1) is 12.8 Å². The maximum atomic E-state index is 4.87. The zero-order valence-electron chi connectivity index (χ0n) is 12.5. The van der Waals surface area contributed by atoms with E-state index >= 15 is 0 Å². The molecule has 19 heavy (non-hydrogen) atoms. The Balaban J connectivity index is 2.07. The summed E-state index contributed by atoms with van der Waals surface area (Å²) in [6.07, 6.45) is 5.89. The van der Waals surface area contributed by atoms with E-state index in [1.165, 1.54) is 26.9 Å². The lowest BCUT2D eigenvalue weighted by Crippen LogP contribution is -2.13. The molecule has 4 heteroatoms.